The average molecular weight is 345 g/mol. The van der Waals surface area contributed by atoms with Gasteiger partial charge in [-0.15, -0.1) is 11.8 Å². The maximum absolute atomic E-state index is 12.1. The fraction of sp³-hybridized carbons (Fsp3) is 0.333. The Morgan fingerprint density at radius 2 is 2.12 bits per heavy atom. The number of anilines is 1. The summed E-state index contributed by atoms with van der Waals surface area (Å²) >= 11 is 1.65. The number of ether oxygens (including phenoxy) is 1. The molecular formula is C18H23N3O2S. The van der Waals surface area contributed by atoms with Crippen LogP contribution in [0.4, 0.5) is 5.82 Å². The van der Waals surface area contributed by atoms with E-state index < -0.39 is 0 Å². The molecule has 0 aliphatic heterocycles. The van der Waals surface area contributed by atoms with Crippen molar-refractivity contribution in [2.45, 2.75) is 18.4 Å². The largest absolute Gasteiger partial charge is 0.496 e. The monoisotopic (exact) mass is 345 g/mol. The van der Waals surface area contributed by atoms with Crippen molar-refractivity contribution in [2.75, 3.05) is 32.3 Å². The molecule has 1 N–H and O–H groups in total. The van der Waals surface area contributed by atoms with Crippen molar-refractivity contribution in [1.82, 2.24) is 9.88 Å². The molecule has 128 valence electrons. The molecule has 2 rings (SSSR count). The van der Waals surface area contributed by atoms with Gasteiger partial charge < -0.3 is 10.1 Å². The molecule has 2 aromatic rings. The minimum absolute atomic E-state index is 0.0803. The highest BCUT2D eigenvalue weighted by Crippen LogP contribution is 2.28. The number of amides is 1. The molecule has 5 nitrogen and oxygen atoms in total. The lowest BCUT2D eigenvalue weighted by atomic mass is 10.2. The summed E-state index contributed by atoms with van der Waals surface area (Å²) in [4.78, 5) is 19.5. The third kappa shape index (κ3) is 5.25. The van der Waals surface area contributed by atoms with Gasteiger partial charge in [-0.2, -0.15) is 0 Å². The molecule has 1 heterocycles. The van der Waals surface area contributed by atoms with E-state index in [0.717, 1.165) is 21.9 Å². The van der Waals surface area contributed by atoms with Gasteiger partial charge in [-0.3, -0.25) is 9.69 Å². The first-order valence-electron chi connectivity index (χ1n) is 7.64. The fourth-order valence-electron chi connectivity index (χ4n) is 2.39. The summed E-state index contributed by atoms with van der Waals surface area (Å²) in [6.45, 7) is 2.86. The number of hydrogen-bond acceptors (Lipinski definition) is 5. The number of carbonyl (C=O) groups is 1. The molecule has 1 aromatic heterocycles. The zero-order chi connectivity index (χ0) is 17.5. The number of aryl methyl sites for hydroxylation is 1. The highest BCUT2D eigenvalue weighted by atomic mass is 32.2. The second-order valence-corrected chi connectivity index (χ2v) is 6.42. The molecule has 6 heteroatoms. The zero-order valence-electron chi connectivity index (χ0n) is 14.5. The number of aromatic nitrogens is 1. The number of nitrogens with zero attached hydrogens (tertiary/aromatic N) is 2. The summed E-state index contributed by atoms with van der Waals surface area (Å²) < 4.78 is 5.40. The minimum atomic E-state index is -0.0803. The van der Waals surface area contributed by atoms with Crippen molar-refractivity contribution in [3.8, 4) is 5.75 Å². The van der Waals surface area contributed by atoms with E-state index in [4.69, 9.17) is 4.74 Å². The Hall–Kier alpha value is -2.05. The van der Waals surface area contributed by atoms with Crippen LogP contribution in [0.5, 0.6) is 5.75 Å². The first kappa shape index (κ1) is 18.3. The third-order valence-electron chi connectivity index (χ3n) is 3.47. The topological polar surface area (TPSA) is 54.5 Å². The van der Waals surface area contributed by atoms with E-state index >= 15 is 0 Å². The normalized spacial score (nSPS) is 10.7. The molecule has 0 aliphatic carbocycles. The van der Waals surface area contributed by atoms with Crippen LogP contribution >= 0.6 is 11.8 Å². The molecule has 0 atom stereocenters. The SMILES string of the molecule is COc1cc(CN(C)CC(=O)Nc2cccc(C)n2)ccc1SC. The molecule has 0 spiro atoms. The standard InChI is InChI=1S/C18H23N3O2S/c1-13-6-5-7-17(19-13)20-18(22)12-21(2)11-14-8-9-16(24-4)15(10-14)23-3/h5-10H,11-12H2,1-4H3,(H,19,20,22). The van der Waals surface area contributed by atoms with Gasteiger partial charge in [-0.25, -0.2) is 4.98 Å². The van der Waals surface area contributed by atoms with Gasteiger partial charge in [0, 0.05) is 17.1 Å². The second kappa shape index (κ2) is 8.70. The molecule has 0 fully saturated rings. The molecule has 0 unspecified atom stereocenters. The average Bonchev–Trinajstić information content (AvgIpc) is 2.54. The first-order valence-corrected chi connectivity index (χ1v) is 8.87. The van der Waals surface area contributed by atoms with Crippen molar-refractivity contribution in [1.29, 1.82) is 0 Å². The van der Waals surface area contributed by atoms with Gasteiger partial charge in [0.05, 0.1) is 13.7 Å². The first-order chi connectivity index (χ1) is 11.5. The molecule has 0 aliphatic rings. The lowest BCUT2D eigenvalue weighted by molar-refractivity contribution is -0.117. The van der Waals surface area contributed by atoms with E-state index in [1.54, 1.807) is 24.9 Å². The lowest BCUT2D eigenvalue weighted by Crippen LogP contribution is -2.30. The summed E-state index contributed by atoms with van der Waals surface area (Å²) in [6.07, 6.45) is 2.02. The van der Waals surface area contributed by atoms with Crippen molar-refractivity contribution in [2.24, 2.45) is 0 Å². The number of thioether (sulfide) groups is 1. The fourth-order valence-corrected chi connectivity index (χ4v) is 2.93. The van der Waals surface area contributed by atoms with Gasteiger partial charge in [0.15, 0.2) is 0 Å². The van der Waals surface area contributed by atoms with E-state index in [0.29, 0.717) is 18.9 Å². The molecule has 0 saturated carbocycles. The van der Waals surface area contributed by atoms with Crippen LogP contribution in [0.1, 0.15) is 11.3 Å². The van der Waals surface area contributed by atoms with Crippen LogP contribution in [-0.4, -0.2) is 42.7 Å². The Bertz CT molecular complexity index is 706. The molecule has 1 amide bonds. The Kier molecular flexibility index (Phi) is 6.63. The number of nitrogens with one attached hydrogen (secondary N) is 1. The van der Waals surface area contributed by atoms with Crippen LogP contribution in [-0.2, 0) is 11.3 Å². The maximum atomic E-state index is 12.1. The third-order valence-corrected chi connectivity index (χ3v) is 4.25. The Morgan fingerprint density at radius 3 is 2.79 bits per heavy atom. The molecule has 0 bridgehead atoms. The number of benzene rings is 1. The summed E-state index contributed by atoms with van der Waals surface area (Å²) in [7, 11) is 3.59. The predicted molar refractivity (Wildman–Crippen MR) is 98.7 cm³/mol. The Labute approximate surface area is 147 Å². The van der Waals surface area contributed by atoms with Gasteiger partial charge in [-0.1, -0.05) is 12.1 Å². The molecule has 0 saturated heterocycles. The van der Waals surface area contributed by atoms with Crippen LogP contribution in [0.3, 0.4) is 0 Å². The number of hydrogen-bond donors (Lipinski definition) is 1. The maximum Gasteiger partial charge on any atom is 0.239 e. The molecule has 24 heavy (non-hydrogen) atoms. The zero-order valence-corrected chi connectivity index (χ0v) is 15.3. The van der Waals surface area contributed by atoms with E-state index in [2.05, 4.69) is 16.4 Å². The summed E-state index contributed by atoms with van der Waals surface area (Å²) in [6, 6.07) is 11.7. The van der Waals surface area contributed by atoms with Crippen LogP contribution in [0.25, 0.3) is 0 Å². The second-order valence-electron chi connectivity index (χ2n) is 5.57. The van der Waals surface area contributed by atoms with E-state index in [1.165, 1.54) is 0 Å². The molecular weight excluding hydrogens is 322 g/mol. The van der Waals surface area contributed by atoms with Crippen molar-refractivity contribution < 1.29 is 9.53 Å². The highest BCUT2D eigenvalue weighted by Gasteiger charge is 2.10. The predicted octanol–water partition coefficient (Wildman–Crippen LogP) is 3.19. The van der Waals surface area contributed by atoms with Gasteiger partial charge in [0.25, 0.3) is 0 Å². The van der Waals surface area contributed by atoms with Gasteiger partial charge >= 0.3 is 0 Å². The van der Waals surface area contributed by atoms with Crippen LogP contribution in [0.2, 0.25) is 0 Å². The molecule has 1 aromatic carbocycles. The van der Waals surface area contributed by atoms with E-state index in [9.17, 15) is 4.79 Å². The quantitative estimate of drug-likeness (QED) is 0.781. The molecule has 0 radical (unpaired) electrons. The van der Waals surface area contributed by atoms with Crippen LogP contribution in [0.15, 0.2) is 41.3 Å². The number of methoxy groups -OCH3 is 1. The highest BCUT2D eigenvalue weighted by molar-refractivity contribution is 7.98. The minimum Gasteiger partial charge on any atom is -0.496 e. The van der Waals surface area contributed by atoms with Crippen molar-refractivity contribution in [3.05, 3.63) is 47.7 Å². The number of pyridine rings is 1. The van der Waals surface area contributed by atoms with Crippen molar-refractivity contribution in [3.63, 3.8) is 0 Å². The Morgan fingerprint density at radius 1 is 1.33 bits per heavy atom. The summed E-state index contributed by atoms with van der Waals surface area (Å²) in [5.74, 6) is 1.37. The van der Waals surface area contributed by atoms with E-state index in [1.807, 2.05) is 49.4 Å². The van der Waals surface area contributed by atoms with Crippen LogP contribution in [0, 0.1) is 6.92 Å². The van der Waals surface area contributed by atoms with Gasteiger partial charge in [0.2, 0.25) is 5.91 Å². The van der Waals surface area contributed by atoms with Crippen molar-refractivity contribution >= 4 is 23.5 Å². The number of likely N-dealkylation sites (N-methyl/N-ethyl adjacent to an activating group) is 1. The van der Waals surface area contributed by atoms with E-state index in [-0.39, 0.29) is 5.91 Å². The smallest absolute Gasteiger partial charge is 0.239 e. The van der Waals surface area contributed by atoms with Gasteiger partial charge in [0.1, 0.15) is 11.6 Å². The summed E-state index contributed by atoms with van der Waals surface area (Å²) in [5, 5.41) is 2.82. The van der Waals surface area contributed by atoms with Crippen LogP contribution < -0.4 is 10.1 Å². The Balaban J connectivity index is 1.92. The summed E-state index contributed by atoms with van der Waals surface area (Å²) in [5.41, 5.74) is 1.98. The lowest BCUT2D eigenvalue weighted by Gasteiger charge is -2.17. The number of rotatable bonds is 7. The number of carbonyl (C=O) groups excluding carboxylic acids is 1. The van der Waals surface area contributed by atoms with Gasteiger partial charge in [-0.05, 0) is 50.1 Å².